The summed E-state index contributed by atoms with van der Waals surface area (Å²) in [4.78, 5) is 33.6. The van der Waals surface area contributed by atoms with E-state index >= 15 is 0 Å². The van der Waals surface area contributed by atoms with Crippen LogP contribution in [0.2, 0.25) is 0 Å². The molecule has 1 heterocycles. The third kappa shape index (κ3) is 3.78. The maximum absolute atomic E-state index is 12.2. The van der Waals surface area contributed by atoms with E-state index in [1.165, 1.54) is 12.1 Å². The fourth-order valence-corrected chi connectivity index (χ4v) is 3.43. The Kier molecular flexibility index (Phi) is 4.56. The summed E-state index contributed by atoms with van der Waals surface area (Å²) in [5, 5.41) is 22.4. The number of hydrogen-bond acceptors (Lipinski definition) is 5. The summed E-state index contributed by atoms with van der Waals surface area (Å²) in [6.07, 6.45) is 3.90. The average molecular weight is 312 g/mol. The molecule has 1 saturated carbocycles. The first kappa shape index (κ1) is 15.4. The van der Waals surface area contributed by atoms with Gasteiger partial charge in [0, 0.05) is 6.07 Å². The number of carbonyl (C=O) groups is 2. The number of carboxylic acid groups (broad SMARTS) is 1. The van der Waals surface area contributed by atoms with Crippen molar-refractivity contribution in [2.45, 2.75) is 44.1 Å². The zero-order chi connectivity index (χ0) is 15.5. The molecule has 1 fully saturated rings. The van der Waals surface area contributed by atoms with E-state index < -0.39 is 22.3 Å². The summed E-state index contributed by atoms with van der Waals surface area (Å²) in [5.41, 5.74) is -0.736. The van der Waals surface area contributed by atoms with Gasteiger partial charge in [-0.3, -0.25) is 19.7 Å². The van der Waals surface area contributed by atoms with Crippen molar-refractivity contribution in [3.05, 3.63) is 27.1 Å². The summed E-state index contributed by atoms with van der Waals surface area (Å²) in [6, 6.07) is 2.68. The highest BCUT2D eigenvalue weighted by Crippen LogP contribution is 2.32. The Morgan fingerprint density at radius 2 is 2.00 bits per heavy atom. The zero-order valence-electron chi connectivity index (χ0n) is 11.3. The fourth-order valence-electron chi connectivity index (χ4n) is 2.71. The van der Waals surface area contributed by atoms with Crippen molar-refractivity contribution in [2.75, 3.05) is 0 Å². The Balaban J connectivity index is 2.13. The van der Waals surface area contributed by atoms with Gasteiger partial charge in [-0.15, -0.1) is 0 Å². The van der Waals surface area contributed by atoms with Crippen molar-refractivity contribution in [1.82, 2.24) is 5.32 Å². The Hall–Kier alpha value is -1.96. The van der Waals surface area contributed by atoms with Crippen molar-refractivity contribution >= 4 is 28.2 Å². The highest BCUT2D eigenvalue weighted by atomic mass is 32.1. The van der Waals surface area contributed by atoms with Crippen LogP contribution in [0.25, 0.3) is 0 Å². The number of carboxylic acids is 1. The minimum absolute atomic E-state index is 0.101. The fraction of sp³-hybridized carbons (Fsp3) is 0.538. The quantitative estimate of drug-likeness (QED) is 0.641. The van der Waals surface area contributed by atoms with Crippen LogP contribution in [0.1, 0.15) is 48.2 Å². The van der Waals surface area contributed by atoms with Gasteiger partial charge in [0.15, 0.2) is 0 Å². The van der Waals surface area contributed by atoms with Crippen molar-refractivity contribution in [2.24, 2.45) is 0 Å². The molecule has 1 aliphatic carbocycles. The van der Waals surface area contributed by atoms with Crippen molar-refractivity contribution in [3.63, 3.8) is 0 Å². The standard InChI is InChI=1S/C13H16N2O5S/c16-11(17)8-13(6-2-1-3-7-13)14-12(18)9-4-5-10(21-9)15(19)20/h4-5H,1-3,6-8H2,(H,14,18)(H,16,17). The molecule has 0 unspecified atom stereocenters. The molecule has 0 aromatic carbocycles. The topological polar surface area (TPSA) is 110 Å². The third-order valence-electron chi connectivity index (χ3n) is 3.67. The van der Waals surface area contributed by atoms with Crippen LogP contribution < -0.4 is 5.32 Å². The van der Waals surface area contributed by atoms with Gasteiger partial charge in [-0.2, -0.15) is 0 Å². The Bertz CT molecular complexity index is 563. The van der Waals surface area contributed by atoms with E-state index in [0.29, 0.717) is 12.8 Å². The zero-order valence-corrected chi connectivity index (χ0v) is 12.1. The van der Waals surface area contributed by atoms with E-state index in [2.05, 4.69) is 5.32 Å². The summed E-state index contributed by atoms with van der Waals surface area (Å²) in [7, 11) is 0. The van der Waals surface area contributed by atoms with Crippen LogP contribution in [0.3, 0.4) is 0 Å². The van der Waals surface area contributed by atoms with Crippen LogP contribution in [0.5, 0.6) is 0 Å². The lowest BCUT2D eigenvalue weighted by atomic mass is 9.79. The minimum Gasteiger partial charge on any atom is -0.481 e. The highest BCUT2D eigenvalue weighted by molar-refractivity contribution is 7.17. The normalized spacial score (nSPS) is 17.1. The maximum atomic E-state index is 12.2. The van der Waals surface area contributed by atoms with E-state index in [9.17, 15) is 19.7 Å². The molecule has 0 saturated heterocycles. The SMILES string of the molecule is O=C(O)CC1(NC(=O)c2ccc([N+](=O)[O-])s2)CCCCC1. The first-order valence-electron chi connectivity index (χ1n) is 6.70. The first-order valence-corrected chi connectivity index (χ1v) is 7.52. The van der Waals surface area contributed by atoms with Gasteiger partial charge in [-0.1, -0.05) is 30.6 Å². The molecule has 0 radical (unpaired) electrons. The van der Waals surface area contributed by atoms with E-state index in [1.54, 1.807) is 0 Å². The van der Waals surface area contributed by atoms with Crippen LogP contribution in [0.4, 0.5) is 5.00 Å². The smallest absolute Gasteiger partial charge is 0.324 e. The Morgan fingerprint density at radius 1 is 1.33 bits per heavy atom. The second-order valence-corrected chi connectivity index (χ2v) is 6.32. The lowest BCUT2D eigenvalue weighted by molar-refractivity contribution is -0.380. The average Bonchev–Trinajstić information content (AvgIpc) is 2.88. The van der Waals surface area contributed by atoms with E-state index in [1.807, 2.05) is 0 Å². The molecule has 0 aliphatic heterocycles. The molecule has 21 heavy (non-hydrogen) atoms. The molecule has 1 aromatic heterocycles. The van der Waals surface area contributed by atoms with Gasteiger partial charge in [0.1, 0.15) is 0 Å². The molecule has 0 bridgehead atoms. The minimum atomic E-state index is -0.950. The van der Waals surface area contributed by atoms with Crippen LogP contribution in [-0.4, -0.2) is 27.4 Å². The molecule has 7 nitrogen and oxygen atoms in total. The van der Waals surface area contributed by atoms with Crippen LogP contribution in [-0.2, 0) is 4.79 Å². The van der Waals surface area contributed by atoms with Gasteiger partial charge in [0.2, 0.25) is 0 Å². The summed E-state index contributed by atoms with van der Waals surface area (Å²) >= 11 is 0.797. The second-order valence-electron chi connectivity index (χ2n) is 5.26. The molecule has 1 aromatic rings. The Morgan fingerprint density at radius 3 is 2.52 bits per heavy atom. The number of aliphatic carboxylic acids is 1. The van der Waals surface area contributed by atoms with Gasteiger partial charge < -0.3 is 10.4 Å². The number of nitro groups is 1. The van der Waals surface area contributed by atoms with Gasteiger partial charge in [-0.25, -0.2) is 0 Å². The van der Waals surface area contributed by atoms with Crippen molar-refractivity contribution in [3.8, 4) is 0 Å². The summed E-state index contributed by atoms with van der Waals surface area (Å²) in [6.45, 7) is 0. The van der Waals surface area contributed by atoms with Crippen LogP contribution in [0, 0.1) is 10.1 Å². The molecular weight excluding hydrogens is 296 g/mol. The largest absolute Gasteiger partial charge is 0.481 e. The monoisotopic (exact) mass is 312 g/mol. The molecular formula is C13H16N2O5S. The summed E-state index contributed by atoms with van der Waals surface area (Å²) in [5.74, 6) is -1.38. The molecule has 2 N–H and O–H groups in total. The van der Waals surface area contributed by atoms with E-state index in [4.69, 9.17) is 5.11 Å². The molecule has 8 heteroatoms. The van der Waals surface area contributed by atoms with Gasteiger partial charge in [0.05, 0.1) is 21.8 Å². The van der Waals surface area contributed by atoms with Crippen LogP contribution >= 0.6 is 11.3 Å². The van der Waals surface area contributed by atoms with Gasteiger partial charge >= 0.3 is 11.0 Å². The van der Waals surface area contributed by atoms with Crippen molar-refractivity contribution in [1.29, 1.82) is 0 Å². The number of hydrogen-bond donors (Lipinski definition) is 2. The summed E-state index contributed by atoms with van der Waals surface area (Å²) < 4.78 is 0. The molecule has 0 spiro atoms. The number of carbonyl (C=O) groups excluding carboxylic acids is 1. The number of rotatable bonds is 5. The molecule has 0 atom stereocenters. The highest BCUT2D eigenvalue weighted by Gasteiger charge is 2.36. The molecule has 2 rings (SSSR count). The third-order valence-corrected chi connectivity index (χ3v) is 4.71. The van der Waals surface area contributed by atoms with Gasteiger partial charge in [0.25, 0.3) is 5.91 Å². The van der Waals surface area contributed by atoms with E-state index in [0.717, 1.165) is 30.6 Å². The predicted molar refractivity (Wildman–Crippen MR) is 76.5 cm³/mol. The van der Waals surface area contributed by atoms with Crippen LogP contribution in [0.15, 0.2) is 12.1 Å². The lowest BCUT2D eigenvalue weighted by Gasteiger charge is -2.36. The number of nitrogens with zero attached hydrogens (tertiary/aromatic N) is 1. The van der Waals surface area contributed by atoms with Crippen molar-refractivity contribution < 1.29 is 19.6 Å². The van der Waals surface area contributed by atoms with Gasteiger partial charge in [-0.05, 0) is 18.9 Å². The Labute approximate surface area is 125 Å². The molecule has 1 amide bonds. The second kappa shape index (κ2) is 6.21. The molecule has 114 valence electrons. The molecule has 1 aliphatic rings. The van der Waals surface area contributed by atoms with E-state index in [-0.39, 0.29) is 16.3 Å². The number of amides is 1. The maximum Gasteiger partial charge on any atom is 0.324 e. The number of thiophene rings is 1. The lowest BCUT2D eigenvalue weighted by Crippen LogP contribution is -2.50. The predicted octanol–water partition coefficient (Wildman–Crippen LogP) is 2.56. The number of nitrogens with one attached hydrogen (secondary N) is 1. The first-order chi connectivity index (χ1) is 9.92.